The van der Waals surface area contributed by atoms with E-state index >= 15 is 0 Å². The number of carbonyl (C=O) groups excluding carboxylic acids is 1. The van der Waals surface area contributed by atoms with Crippen LogP contribution in [0.2, 0.25) is 0 Å². The molecule has 7 nitrogen and oxygen atoms in total. The highest BCUT2D eigenvalue weighted by Crippen LogP contribution is 2.39. The SMILES string of the molecule is [3H][C@@H](Cc1ccc(O)c(OC)c1)NC(=O)CCc1cc(OC)c(OC)c(OCc2ccccc2)c1. The van der Waals surface area contributed by atoms with Gasteiger partial charge in [0.05, 0.1) is 21.3 Å². The fraction of sp³-hybridized carbons (Fsp3) is 0.296. The van der Waals surface area contributed by atoms with Crippen LogP contribution in [0.3, 0.4) is 0 Å². The smallest absolute Gasteiger partial charge is 0.220 e. The highest BCUT2D eigenvalue weighted by molar-refractivity contribution is 5.76. The first-order valence-electron chi connectivity index (χ1n) is 11.5. The third kappa shape index (κ3) is 6.81. The third-order valence-corrected chi connectivity index (χ3v) is 5.23. The number of amides is 1. The van der Waals surface area contributed by atoms with Crippen LogP contribution in [0.1, 0.15) is 24.5 Å². The fourth-order valence-corrected chi connectivity index (χ4v) is 3.43. The van der Waals surface area contributed by atoms with Crippen molar-refractivity contribution in [1.29, 1.82) is 0 Å². The molecule has 3 rings (SSSR count). The van der Waals surface area contributed by atoms with Crippen LogP contribution in [-0.4, -0.2) is 38.9 Å². The van der Waals surface area contributed by atoms with Gasteiger partial charge in [-0.2, -0.15) is 0 Å². The lowest BCUT2D eigenvalue weighted by molar-refractivity contribution is -0.121. The van der Waals surface area contributed by atoms with Crippen molar-refractivity contribution in [3.05, 3.63) is 77.4 Å². The Balaban J connectivity index is 1.60. The van der Waals surface area contributed by atoms with Gasteiger partial charge >= 0.3 is 0 Å². The molecule has 0 unspecified atom stereocenters. The second-order valence-electron chi connectivity index (χ2n) is 7.59. The molecular weight excluding hydrogens is 434 g/mol. The van der Waals surface area contributed by atoms with Crippen molar-refractivity contribution in [3.8, 4) is 28.7 Å². The summed E-state index contributed by atoms with van der Waals surface area (Å²) in [4.78, 5) is 12.5. The van der Waals surface area contributed by atoms with E-state index in [0.29, 0.717) is 36.0 Å². The Labute approximate surface area is 201 Å². The number of phenolic OH excluding ortho intramolecular Hbond substituents is 1. The Morgan fingerprint density at radius 3 is 2.26 bits per heavy atom. The number of methoxy groups -OCH3 is 3. The molecule has 1 amide bonds. The summed E-state index contributed by atoms with van der Waals surface area (Å²) in [7, 11) is 4.57. The number of nitrogens with one attached hydrogen (secondary N) is 1. The zero-order chi connectivity index (χ0) is 25.2. The number of phenols is 1. The van der Waals surface area contributed by atoms with Crippen LogP contribution < -0.4 is 24.3 Å². The predicted octanol–water partition coefficient (Wildman–Crippen LogP) is 4.29. The van der Waals surface area contributed by atoms with Crippen LogP contribution in [0.15, 0.2) is 60.7 Å². The summed E-state index contributed by atoms with van der Waals surface area (Å²) in [5.41, 5.74) is 2.65. The Hall–Kier alpha value is -3.87. The summed E-state index contributed by atoms with van der Waals surface area (Å²) in [5.74, 6) is 1.67. The molecule has 0 spiro atoms. The molecule has 1 atom stereocenters. The lowest BCUT2D eigenvalue weighted by Crippen LogP contribution is -2.25. The number of hydrogen-bond acceptors (Lipinski definition) is 6. The molecule has 0 aliphatic heterocycles. The molecule has 0 bridgehead atoms. The van der Waals surface area contributed by atoms with E-state index in [9.17, 15) is 9.90 Å². The molecule has 0 aromatic heterocycles. The molecule has 0 aliphatic carbocycles. The maximum Gasteiger partial charge on any atom is 0.220 e. The molecule has 0 heterocycles. The quantitative estimate of drug-likeness (QED) is 0.413. The predicted molar refractivity (Wildman–Crippen MR) is 130 cm³/mol. The van der Waals surface area contributed by atoms with Crippen LogP contribution >= 0.6 is 0 Å². The van der Waals surface area contributed by atoms with E-state index in [2.05, 4.69) is 5.32 Å². The van der Waals surface area contributed by atoms with Gasteiger partial charge in [0, 0.05) is 14.3 Å². The molecule has 34 heavy (non-hydrogen) atoms. The molecule has 2 N–H and O–H groups in total. The van der Waals surface area contributed by atoms with Gasteiger partial charge in [0.2, 0.25) is 11.7 Å². The molecular formula is C27H31NO6. The molecule has 0 radical (unpaired) electrons. The number of aromatic hydroxyl groups is 1. The highest BCUT2D eigenvalue weighted by atomic mass is 16.5. The zero-order valence-electron chi connectivity index (χ0n) is 20.7. The average Bonchev–Trinajstić information content (AvgIpc) is 2.87. The molecule has 0 saturated carbocycles. The topological polar surface area (TPSA) is 86.3 Å². The molecule has 7 heteroatoms. The highest BCUT2D eigenvalue weighted by Gasteiger charge is 2.15. The van der Waals surface area contributed by atoms with Crippen molar-refractivity contribution in [3.63, 3.8) is 0 Å². The number of carbonyl (C=O) groups is 1. The van der Waals surface area contributed by atoms with Crippen molar-refractivity contribution in [1.82, 2.24) is 5.32 Å². The summed E-state index contributed by atoms with van der Waals surface area (Å²) in [6.45, 7) is -0.459. The standard InChI is InChI=1S/C27H31NO6/c1-31-23-15-19(9-11-22(23)29)13-14-28-26(30)12-10-21-16-24(32-2)27(33-3)25(17-21)34-18-20-7-5-4-6-8-20/h4-9,11,15-17,29H,10,12-14,18H2,1-3H3,(H,28,30)/i14T/t14-/m0/s1. The van der Waals surface area contributed by atoms with Crippen molar-refractivity contribution in [2.24, 2.45) is 0 Å². The van der Waals surface area contributed by atoms with E-state index in [4.69, 9.17) is 20.3 Å². The van der Waals surface area contributed by atoms with Crippen LogP contribution in [0.5, 0.6) is 28.7 Å². The molecule has 180 valence electrons. The van der Waals surface area contributed by atoms with Crippen LogP contribution in [0.4, 0.5) is 0 Å². The van der Waals surface area contributed by atoms with Gasteiger partial charge in [-0.15, -0.1) is 0 Å². The number of rotatable bonds is 12. The summed E-state index contributed by atoms with van der Waals surface area (Å²) in [6, 6.07) is 18.3. The third-order valence-electron chi connectivity index (χ3n) is 5.23. The van der Waals surface area contributed by atoms with Crippen LogP contribution in [-0.2, 0) is 24.2 Å². The largest absolute Gasteiger partial charge is 0.504 e. The fourth-order valence-electron chi connectivity index (χ4n) is 3.43. The van der Waals surface area contributed by atoms with Gasteiger partial charge in [0.1, 0.15) is 6.61 Å². The second-order valence-corrected chi connectivity index (χ2v) is 7.59. The second kappa shape index (κ2) is 12.4. The van der Waals surface area contributed by atoms with Crippen molar-refractivity contribution < 1.29 is 30.2 Å². The van der Waals surface area contributed by atoms with Gasteiger partial charge in [-0.25, -0.2) is 0 Å². The zero-order valence-corrected chi connectivity index (χ0v) is 19.7. The average molecular weight is 468 g/mol. The molecule has 0 aliphatic rings. The Bertz CT molecular complexity index is 1120. The molecule has 3 aromatic carbocycles. The number of ether oxygens (including phenoxy) is 4. The van der Waals surface area contributed by atoms with E-state index in [-0.39, 0.29) is 24.5 Å². The van der Waals surface area contributed by atoms with E-state index < -0.39 is 6.52 Å². The van der Waals surface area contributed by atoms with Gasteiger partial charge in [-0.05, 0) is 53.8 Å². The summed E-state index contributed by atoms with van der Waals surface area (Å²) in [5, 5.41) is 12.4. The monoisotopic (exact) mass is 467 g/mol. The number of aryl methyl sites for hydroxylation is 2. The maximum absolute atomic E-state index is 12.5. The first-order chi connectivity index (χ1) is 16.9. The minimum atomic E-state index is -0.827. The van der Waals surface area contributed by atoms with Gasteiger partial charge in [-0.3, -0.25) is 4.79 Å². The lowest BCUT2D eigenvalue weighted by atomic mass is 10.1. The maximum atomic E-state index is 12.5. The van der Waals surface area contributed by atoms with Crippen LogP contribution in [0.25, 0.3) is 0 Å². The number of benzene rings is 3. The van der Waals surface area contributed by atoms with Crippen molar-refractivity contribution in [2.75, 3.05) is 27.9 Å². The van der Waals surface area contributed by atoms with Gasteiger partial charge in [0.15, 0.2) is 23.0 Å². The van der Waals surface area contributed by atoms with Crippen LogP contribution in [0, 0.1) is 0 Å². The number of hydrogen-bond donors (Lipinski definition) is 2. The minimum Gasteiger partial charge on any atom is -0.504 e. The lowest BCUT2D eigenvalue weighted by Gasteiger charge is -2.16. The van der Waals surface area contributed by atoms with Gasteiger partial charge < -0.3 is 29.4 Å². The van der Waals surface area contributed by atoms with Crippen molar-refractivity contribution >= 4 is 5.91 Å². The molecule has 0 saturated heterocycles. The first-order valence-corrected chi connectivity index (χ1v) is 10.9. The van der Waals surface area contributed by atoms with E-state index in [1.165, 1.54) is 13.2 Å². The summed E-state index contributed by atoms with van der Waals surface area (Å²) >= 11 is 0. The minimum absolute atomic E-state index is 0.0313. The summed E-state index contributed by atoms with van der Waals surface area (Å²) in [6.07, 6.45) is 0.922. The Kier molecular flexibility index (Phi) is 8.49. The normalized spacial score (nSPS) is 11.8. The summed E-state index contributed by atoms with van der Waals surface area (Å²) < 4.78 is 30.3. The van der Waals surface area contributed by atoms with E-state index in [1.54, 1.807) is 26.4 Å². The molecule has 3 aromatic rings. The van der Waals surface area contributed by atoms with Gasteiger partial charge in [0.25, 0.3) is 0 Å². The van der Waals surface area contributed by atoms with E-state index in [1.807, 2.05) is 42.5 Å². The first kappa shape index (κ1) is 23.3. The van der Waals surface area contributed by atoms with Crippen molar-refractivity contribution in [2.45, 2.75) is 25.9 Å². The van der Waals surface area contributed by atoms with Gasteiger partial charge in [-0.1, -0.05) is 36.4 Å². The Morgan fingerprint density at radius 2 is 1.56 bits per heavy atom. The molecule has 0 fully saturated rings. The Morgan fingerprint density at radius 1 is 0.853 bits per heavy atom. The van der Waals surface area contributed by atoms with E-state index in [0.717, 1.165) is 16.7 Å².